The lowest BCUT2D eigenvalue weighted by molar-refractivity contribution is -0.158. The van der Waals surface area contributed by atoms with Crippen LogP contribution in [0, 0.1) is 5.41 Å². The zero-order chi connectivity index (χ0) is 11.8. The predicted octanol–water partition coefficient (Wildman–Crippen LogP) is 0.471. The van der Waals surface area contributed by atoms with Crippen LogP contribution in [0.1, 0.15) is 19.3 Å². The van der Waals surface area contributed by atoms with E-state index in [4.69, 9.17) is 26.4 Å². The summed E-state index contributed by atoms with van der Waals surface area (Å²) in [5.41, 5.74) is 10.3. The summed E-state index contributed by atoms with van der Waals surface area (Å²) in [6, 6.07) is 0. The number of ether oxygens (including phenoxy) is 2. The Morgan fingerprint density at radius 2 is 2.31 bits per heavy atom. The van der Waals surface area contributed by atoms with Crippen LogP contribution >= 0.6 is 11.8 Å². The Bertz CT molecular complexity index is 250. The van der Waals surface area contributed by atoms with E-state index in [0.29, 0.717) is 12.4 Å². The summed E-state index contributed by atoms with van der Waals surface area (Å²) < 4.78 is 10.9. The van der Waals surface area contributed by atoms with Crippen molar-refractivity contribution in [2.45, 2.75) is 25.6 Å². The molecule has 1 heterocycles. The first-order chi connectivity index (χ1) is 7.68. The number of amidine groups is 1. The first-order valence-electron chi connectivity index (χ1n) is 5.22. The molecule has 0 bridgehead atoms. The molecule has 0 aliphatic carbocycles. The van der Waals surface area contributed by atoms with Gasteiger partial charge in [-0.25, -0.2) is 0 Å². The number of nitrogens with one attached hydrogen (secondary N) is 1. The molecule has 1 aliphatic rings. The molecule has 1 unspecified atom stereocenters. The molecule has 5 N–H and O–H groups in total. The third-order valence-electron chi connectivity index (χ3n) is 1.99. The van der Waals surface area contributed by atoms with Gasteiger partial charge in [0.15, 0.2) is 17.4 Å². The molecular formula is C9H18N4O2S. The Balaban J connectivity index is 2.02. The number of nitrogens with two attached hydrogens (primary N) is 2. The first-order valence-corrected chi connectivity index (χ1v) is 6.21. The molecule has 1 rings (SSSR count). The zero-order valence-electron chi connectivity index (χ0n) is 9.15. The second-order valence-electron chi connectivity index (χ2n) is 3.36. The first kappa shape index (κ1) is 13.3. The van der Waals surface area contributed by atoms with Gasteiger partial charge in [0, 0.05) is 12.4 Å². The molecule has 1 fully saturated rings. The van der Waals surface area contributed by atoms with Crippen molar-refractivity contribution in [2.75, 3.05) is 19.0 Å². The highest BCUT2D eigenvalue weighted by atomic mass is 32.2. The molecule has 92 valence electrons. The van der Waals surface area contributed by atoms with Crippen LogP contribution in [0.3, 0.4) is 0 Å². The molecule has 6 nitrogen and oxygen atoms in total. The monoisotopic (exact) mass is 246 g/mol. The zero-order valence-corrected chi connectivity index (χ0v) is 9.96. The number of nitrogens with zero attached hydrogens (tertiary/aromatic N) is 1. The van der Waals surface area contributed by atoms with Crippen LogP contribution in [0.5, 0.6) is 0 Å². The Morgan fingerprint density at radius 3 is 2.94 bits per heavy atom. The quantitative estimate of drug-likeness (QED) is 0.380. The maximum absolute atomic E-state index is 7.37. The van der Waals surface area contributed by atoms with Gasteiger partial charge in [-0.05, 0) is 19.3 Å². The van der Waals surface area contributed by atoms with Gasteiger partial charge in [0.1, 0.15) is 0 Å². The van der Waals surface area contributed by atoms with Crippen molar-refractivity contribution < 1.29 is 9.47 Å². The molecular weight excluding hydrogens is 228 g/mol. The molecule has 0 aromatic heterocycles. The molecule has 1 aliphatic heterocycles. The summed E-state index contributed by atoms with van der Waals surface area (Å²) in [5, 5.41) is 7.48. The van der Waals surface area contributed by atoms with E-state index in [0.717, 1.165) is 25.9 Å². The lowest BCUT2D eigenvalue weighted by atomic mass is 10.2. The largest absolute Gasteiger partial charge is 0.370 e. The minimum atomic E-state index is -0.0889. The van der Waals surface area contributed by atoms with Crippen LogP contribution in [0.25, 0.3) is 0 Å². The Kier molecular flexibility index (Phi) is 6.20. The minimum absolute atomic E-state index is 0.0772. The Labute approximate surface area is 99.3 Å². The van der Waals surface area contributed by atoms with Crippen molar-refractivity contribution in [1.82, 2.24) is 0 Å². The summed E-state index contributed by atoms with van der Waals surface area (Å²) >= 11 is 1.25. The number of rotatable bonds is 4. The lowest BCUT2D eigenvalue weighted by Crippen LogP contribution is -2.24. The smallest absolute Gasteiger partial charge is 0.193 e. The van der Waals surface area contributed by atoms with Gasteiger partial charge >= 0.3 is 0 Å². The molecule has 1 saturated heterocycles. The van der Waals surface area contributed by atoms with Gasteiger partial charge in [0.05, 0.1) is 6.61 Å². The van der Waals surface area contributed by atoms with Crippen LogP contribution in [-0.4, -0.2) is 36.4 Å². The fourth-order valence-corrected chi connectivity index (χ4v) is 1.85. The van der Waals surface area contributed by atoms with E-state index >= 15 is 0 Å². The van der Waals surface area contributed by atoms with E-state index in [-0.39, 0.29) is 17.4 Å². The van der Waals surface area contributed by atoms with Gasteiger partial charge in [0.2, 0.25) is 0 Å². The van der Waals surface area contributed by atoms with Crippen molar-refractivity contribution in [1.29, 1.82) is 5.41 Å². The van der Waals surface area contributed by atoms with E-state index < -0.39 is 0 Å². The Morgan fingerprint density at radius 1 is 1.50 bits per heavy atom. The third kappa shape index (κ3) is 5.94. The maximum Gasteiger partial charge on any atom is 0.193 e. The van der Waals surface area contributed by atoms with Gasteiger partial charge in [-0.3, -0.25) is 5.41 Å². The lowest BCUT2D eigenvalue weighted by Gasteiger charge is -2.22. The van der Waals surface area contributed by atoms with E-state index in [1.54, 1.807) is 0 Å². The average molecular weight is 246 g/mol. The molecule has 0 aromatic carbocycles. The van der Waals surface area contributed by atoms with Crippen LogP contribution < -0.4 is 11.5 Å². The van der Waals surface area contributed by atoms with Crippen LogP contribution in [0.15, 0.2) is 4.99 Å². The predicted molar refractivity (Wildman–Crippen MR) is 65.5 cm³/mol. The molecule has 1 atom stereocenters. The van der Waals surface area contributed by atoms with E-state index in [1.807, 2.05) is 0 Å². The molecule has 0 amide bonds. The Hall–Kier alpha value is -0.790. The number of hydrogen-bond acceptors (Lipinski definition) is 4. The number of thioether (sulfide) groups is 1. The molecule has 16 heavy (non-hydrogen) atoms. The van der Waals surface area contributed by atoms with Crippen molar-refractivity contribution >= 4 is 22.9 Å². The summed E-state index contributed by atoms with van der Waals surface area (Å²) in [6.07, 6.45) is 3.15. The second kappa shape index (κ2) is 7.48. The summed E-state index contributed by atoms with van der Waals surface area (Å²) in [7, 11) is 0. The number of guanidine groups is 1. The SMILES string of the molecule is N=C(N=C(N)N)SCCOC1CCCCO1. The fraction of sp³-hybridized carbons (Fsp3) is 0.778. The molecule has 0 spiro atoms. The number of hydrogen-bond donors (Lipinski definition) is 3. The highest BCUT2D eigenvalue weighted by Crippen LogP contribution is 2.14. The normalized spacial score (nSPS) is 20.4. The van der Waals surface area contributed by atoms with Crippen LogP contribution in [0.4, 0.5) is 0 Å². The maximum atomic E-state index is 7.37. The number of aliphatic imine (C=N–C) groups is 1. The van der Waals surface area contributed by atoms with Gasteiger partial charge in [0.25, 0.3) is 0 Å². The van der Waals surface area contributed by atoms with Gasteiger partial charge in [-0.1, -0.05) is 11.8 Å². The molecule has 0 aromatic rings. The summed E-state index contributed by atoms with van der Waals surface area (Å²) in [4.78, 5) is 3.59. The van der Waals surface area contributed by atoms with Crippen molar-refractivity contribution in [2.24, 2.45) is 16.5 Å². The van der Waals surface area contributed by atoms with Crippen molar-refractivity contribution in [3.63, 3.8) is 0 Å². The topological polar surface area (TPSA) is 107 Å². The summed E-state index contributed by atoms with van der Waals surface area (Å²) in [5.74, 6) is 0.559. The standard InChI is InChI=1S/C9H18N4O2S/c10-8(11)13-9(12)16-6-5-15-7-3-1-2-4-14-7/h7H,1-6H2,(H5,10,11,12,13). The molecule has 0 saturated carbocycles. The molecule has 7 heteroatoms. The highest BCUT2D eigenvalue weighted by Gasteiger charge is 2.13. The van der Waals surface area contributed by atoms with E-state index in [1.165, 1.54) is 11.8 Å². The molecule has 0 radical (unpaired) electrons. The van der Waals surface area contributed by atoms with Crippen molar-refractivity contribution in [3.05, 3.63) is 0 Å². The third-order valence-corrected chi connectivity index (χ3v) is 2.73. The minimum Gasteiger partial charge on any atom is -0.370 e. The average Bonchev–Trinajstić information content (AvgIpc) is 2.25. The van der Waals surface area contributed by atoms with Gasteiger partial charge in [-0.15, -0.1) is 0 Å². The highest BCUT2D eigenvalue weighted by molar-refractivity contribution is 8.13. The second-order valence-corrected chi connectivity index (χ2v) is 4.44. The van der Waals surface area contributed by atoms with Crippen LogP contribution in [0.2, 0.25) is 0 Å². The van der Waals surface area contributed by atoms with E-state index in [9.17, 15) is 0 Å². The fourth-order valence-electron chi connectivity index (χ4n) is 1.31. The van der Waals surface area contributed by atoms with Gasteiger partial charge in [-0.2, -0.15) is 4.99 Å². The van der Waals surface area contributed by atoms with Gasteiger partial charge < -0.3 is 20.9 Å². The summed E-state index contributed by atoms with van der Waals surface area (Å²) in [6.45, 7) is 1.32. The van der Waals surface area contributed by atoms with Crippen molar-refractivity contribution in [3.8, 4) is 0 Å². The van der Waals surface area contributed by atoms with E-state index in [2.05, 4.69) is 4.99 Å². The van der Waals surface area contributed by atoms with Crippen LogP contribution in [-0.2, 0) is 9.47 Å².